The predicted molar refractivity (Wildman–Crippen MR) is 88.8 cm³/mol. The number of hydrogen-bond acceptors (Lipinski definition) is 3. The van der Waals surface area contributed by atoms with Gasteiger partial charge in [0.1, 0.15) is 6.54 Å². The van der Waals surface area contributed by atoms with Gasteiger partial charge in [-0.1, -0.05) is 6.92 Å². The topological polar surface area (TPSA) is 71.2 Å². The molecule has 0 aliphatic heterocycles. The van der Waals surface area contributed by atoms with Crippen molar-refractivity contribution in [2.75, 3.05) is 13.2 Å². The van der Waals surface area contributed by atoms with E-state index < -0.39 is 31.2 Å². The highest BCUT2D eigenvalue weighted by Gasteiger charge is 2.28. The fraction of sp³-hybridized carbons (Fsp3) is 0.444. The minimum absolute atomic E-state index is 0.265. The van der Waals surface area contributed by atoms with Crippen LogP contribution in [0.15, 0.2) is 18.2 Å². The first kappa shape index (κ1) is 18.3. The van der Waals surface area contributed by atoms with Gasteiger partial charge in [0, 0.05) is 16.6 Å². The Morgan fingerprint density at radius 3 is 2.85 bits per heavy atom. The molecule has 0 fully saturated rings. The van der Waals surface area contributed by atoms with E-state index in [1.165, 1.54) is 11.3 Å². The molecule has 26 heavy (non-hydrogen) atoms. The highest BCUT2D eigenvalue weighted by Crippen LogP contribution is 2.32. The number of nitrogens with one attached hydrogen (secondary N) is 2. The molecule has 5 nitrogen and oxygen atoms in total. The number of amides is 1. The Bertz CT molecular complexity index is 842. The molecule has 2 aromatic rings. The van der Waals surface area contributed by atoms with Gasteiger partial charge in [-0.2, -0.15) is 13.2 Å². The minimum Gasteiger partial charge on any atom is -0.452 e. The van der Waals surface area contributed by atoms with Crippen molar-refractivity contribution in [2.45, 2.75) is 32.4 Å². The zero-order chi connectivity index (χ0) is 18.9. The maximum Gasteiger partial charge on any atom is 0.405 e. The van der Waals surface area contributed by atoms with E-state index in [1.54, 1.807) is 23.5 Å². The average molecular weight is 368 g/mol. The van der Waals surface area contributed by atoms with Crippen LogP contribution in [-0.2, 0) is 22.4 Å². The lowest BCUT2D eigenvalue weighted by Crippen LogP contribution is -2.36. The monoisotopic (exact) mass is 368 g/mol. The van der Waals surface area contributed by atoms with Gasteiger partial charge in [-0.3, -0.25) is 4.79 Å². The first-order chi connectivity index (χ1) is 12.2. The molecule has 0 saturated heterocycles. The summed E-state index contributed by atoms with van der Waals surface area (Å²) in [5.41, 5.74) is 3.57. The molecule has 8 heteroatoms. The number of alkyl halides is 3. The van der Waals surface area contributed by atoms with Gasteiger partial charge in [0.25, 0.3) is 5.91 Å². The van der Waals surface area contributed by atoms with Crippen molar-refractivity contribution in [3.05, 3.63) is 35.0 Å². The molecule has 1 aliphatic rings. The first-order valence-corrected chi connectivity index (χ1v) is 8.37. The van der Waals surface area contributed by atoms with Crippen LogP contribution < -0.4 is 5.32 Å². The third kappa shape index (κ3) is 4.17. The van der Waals surface area contributed by atoms with Crippen LogP contribution in [0.2, 0.25) is 0 Å². The number of benzene rings is 1. The van der Waals surface area contributed by atoms with E-state index in [0.717, 1.165) is 30.2 Å². The van der Waals surface area contributed by atoms with E-state index in [4.69, 9.17) is 4.74 Å². The number of aromatic nitrogens is 1. The second-order valence-electron chi connectivity index (χ2n) is 6.66. The third-order valence-corrected chi connectivity index (χ3v) is 4.49. The zero-order valence-electron chi connectivity index (χ0n) is 14.2. The lowest BCUT2D eigenvalue weighted by Gasteiger charge is -2.18. The van der Waals surface area contributed by atoms with Crippen LogP contribution >= 0.6 is 0 Å². The number of H-pyrrole nitrogens is 1. The zero-order valence-corrected chi connectivity index (χ0v) is 14.2. The Labute approximate surface area is 147 Å². The summed E-state index contributed by atoms with van der Waals surface area (Å²) in [6, 6.07) is 5.06. The number of carbonyl (C=O) groups excluding carboxylic acids is 2. The summed E-state index contributed by atoms with van der Waals surface area (Å²) in [5, 5.41) is 2.60. The Hall–Kier alpha value is -2.51. The van der Waals surface area contributed by atoms with E-state index in [1.807, 2.05) is 0 Å². The van der Waals surface area contributed by atoms with E-state index in [0.29, 0.717) is 5.92 Å². The van der Waals surface area contributed by atoms with Crippen LogP contribution in [0.5, 0.6) is 0 Å². The molecule has 0 radical (unpaired) electrons. The molecule has 1 aromatic carbocycles. The van der Waals surface area contributed by atoms with Gasteiger partial charge < -0.3 is 15.0 Å². The molecule has 0 saturated carbocycles. The third-order valence-electron chi connectivity index (χ3n) is 4.49. The number of esters is 1. The van der Waals surface area contributed by atoms with Gasteiger partial charge in [-0.05, 0) is 48.9 Å². The summed E-state index contributed by atoms with van der Waals surface area (Å²) in [4.78, 5) is 26.8. The van der Waals surface area contributed by atoms with Gasteiger partial charge in [-0.15, -0.1) is 0 Å². The molecule has 2 N–H and O–H groups in total. The van der Waals surface area contributed by atoms with Crippen molar-refractivity contribution in [1.29, 1.82) is 0 Å². The Morgan fingerprint density at radius 2 is 2.12 bits per heavy atom. The summed E-state index contributed by atoms with van der Waals surface area (Å²) in [7, 11) is 0. The van der Waals surface area contributed by atoms with Crippen LogP contribution in [0.4, 0.5) is 13.2 Å². The van der Waals surface area contributed by atoms with Crippen LogP contribution in [0.25, 0.3) is 10.9 Å². The normalized spacial score (nSPS) is 17.0. The van der Waals surface area contributed by atoms with Crippen LogP contribution in [-0.4, -0.2) is 36.2 Å². The molecule has 140 valence electrons. The number of aromatic amines is 1. The number of halogens is 3. The predicted octanol–water partition coefficient (Wildman–Crippen LogP) is 3.13. The highest BCUT2D eigenvalue weighted by molar-refractivity contribution is 5.97. The number of aryl methyl sites for hydroxylation is 1. The molecular formula is C18H19F3N2O3. The van der Waals surface area contributed by atoms with E-state index in [-0.39, 0.29) is 5.56 Å². The Morgan fingerprint density at radius 1 is 1.35 bits per heavy atom. The molecule has 1 amide bonds. The Balaban J connectivity index is 1.67. The van der Waals surface area contributed by atoms with Gasteiger partial charge in [0.15, 0.2) is 6.61 Å². The second-order valence-corrected chi connectivity index (χ2v) is 6.66. The summed E-state index contributed by atoms with van der Waals surface area (Å²) >= 11 is 0. The molecule has 1 aromatic heterocycles. The van der Waals surface area contributed by atoms with Crippen molar-refractivity contribution < 1.29 is 27.5 Å². The number of hydrogen-bond donors (Lipinski definition) is 2. The molecule has 3 rings (SSSR count). The first-order valence-electron chi connectivity index (χ1n) is 8.37. The maximum atomic E-state index is 12.1. The van der Waals surface area contributed by atoms with Gasteiger partial charge >= 0.3 is 12.1 Å². The molecule has 0 bridgehead atoms. The molecule has 1 heterocycles. The number of fused-ring (bicyclic) bond motifs is 3. The lowest BCUT2D eigenvalue weighted by molar-refractivity contribution is -0.140. The van der Waals surface area contributed by atoms with Crippen molar-refractivity contribution in [3.8, 4) is 0 Å². The van der Waals surface area contributed by atoms with Crippen molar-refractivity contribution in [1.82, 2.24) is 10.3 Å². The summed E-state index contributed by atoms with van der Waals surface area (Å²) in [6.45, 7) is -0.0301. The molecule has 0 unspecified atom stereocenters. The van der Waals surface area contributed by atoms with Gasteiger partial charge in [-0.25, -0.2) is 4.79 Å². The minimum atomic E-state index is -4.50. The number of ether oxygens (including phenoxy) is 1. The fourth-order valence-corrected chi connectivity index (χ4v) is 3.18. The summed E-state index contributed by atoms with van der Waals surface area (Å²) in [5.74, 6) is -1.17. The van der Waals surface area contributed by atoms with Crippen molar-refractivity contribution in [2.24, 2.45) is 5.92 Å². The summed E-state index contributed by atoms with van der Waals surface area (Å²) in [6.07, 6.45) is -1.50. The van der Waals surface area contributed by atoms with Gasteiger partial charge in [0.2, 0.25) is 0 Å². The largest absolute Gasteiger partial charge is 0.452 e. The molecule has 1 aliphatic carbocycles. The fourth-order valence-electron chi connectivity index (χ4n) is 3.18. The molecular weight excluding hydrogens is 349 g/mol. The van der Waals surface area contributed by atoms with Crippen LogP contribution in [0.1, 0.15) is 35.0 Å². The SMILES string of the molecule is C[C@@H]1CCc2[nH]c3ccc(C(=O)OCC(=O)NCC(F)(F)F)cc3c2C1. The lowest BCUT2D eigenvalue weighted by atomic mass is 9.87. The highest BCUT2D eigenvalue weighted by atomic mass is 19.4. The van der Waals surface area contributed by atoms with Crippen molar-refractivity contribution in [3.63, 3.8) is 0 Å². The molecule has 1 atom stereocenters. The smallest absolute Gasteiger partial charge is 0.405 e. The quantitative estimate of drug-likeness (QED) is 0.815. The Kier molecular flexibility index (Phi) is 4.93. The maximum absolute atomic E-state index is 12.1. The van der Waals surface area contributed by atoms with Crippen LogP contribution in [0, 0.1) is 5.92 Å². The average Bonchev–Trinajstić information content (AvgIpc) is 2.94. The van der Waals surface area contributed by atoms with E-state index in [9.17, 15) is 22.8 Å². The summed E-state index contributed by atoms with van der Waals surface area (Å²) < 4.78 is 40.9. The van der Waals surface area contributed by atoms with Crippen LogP contribution in [0.3, 0.4) is 0 Å². The van der Waals surface area contributed by atoms with Crippen molar-refractivity contribution >= 4 is 22.8 Å². The van der Waals surface area contributed by atoms with Gasteiger partial charge in [0.05, 0.1) is 5.56 Å². The second kappa shape index (κ2) is 7.01. The number of carbonyl (C=O) groups is 2. The molecule has 0 spiro atoms. The van der Waals surface area contributed by atoms with E-state index in [2.05, 4.69) is 11.9 Å². The standard InChI is InChI=1S/C18H19F3N2O3/c1-10-2-4-14-12(6-10)13-7-11(3-5-15(13)23-14)17(25)26-8-16(24)22-9-18(19,20)21/h3,5,7,10,23H,2,4,6,8-9H2,1H3,(H,22,24)/t10-/m1/s1. The number of rotatable bonds is 4. The van der Waals surface area contributed by atoms with E-state index >= 15 is 0 Å².